The highest BCUT2D eigenvalue weighted by Gasteiger charge is 2.17. The third-order valence-electron chi connectivity index (χ3n) is 5.92. The van der Waals surface area contributed by atoms with E-state index >= 15 is 0 Å². The van der Waals surface area contributed by atoms with Crippen molar-refractivity contribution in [3.8, 4) is 0 Å². The molecule has 6 nitrogen and oxygen atoms in total. The number of amides is 3. The van der Waals surface area contributed by atoms with Crippen LogP contribution in [-0.4, -0.2) is 23.0 Å². The molecule has 0 aliphatic heterocycles. The molecule has 0 aliphatic carbocycles. The SMILES string of the molecule is Cc1ccc(NC(=O)C(C)Sc2cccc(NC(=O)/C(=C/c3ccc(Cl)cc3)NC(=O)c3ccccc3)c2)cc1Cl. The number of anilines is 2. The van der Waals surface area contributed by atoms with Gasteiger partial charge in [0, 0.05) is 31.9 Å². The monoisotopic (exact) mass is 603 g/mol. The van der Waals surface area contributed by atoms with Gasteiger partial charge in [0.1, 0.15) is 5.70 Å². The smallest absolute Gasteiger partial charge is 0.272 e. The molecule has 4 rings (SSSR count). The van der Waals surface area contributed by atoms with Gasteiger partial charge in [-0.15, -0.1) is 11.8 Å². The second-order valence-corrected chi connectivity index (χ2v) is 11.4. The second-order valence-electron chi connectivity index (χ2n) is 9.12. The molecule has 0 fully saturated rings. The van der Waals surface area contributed by atoms with E-state index < -0.39 is 17.1 Å². The summed E-state index contributed by atoms with van der Waals surface area (Å²) in [7, 11) is 0. The largest absolute Gasteiger partial charge is 0.325 e. The zero-order valence-corrected chi connectivity index (χ0v) is 24.6. The Kier molecular flexibility index (Phi) is 10.2. The minimum atomic E-state index is -0.506. The molecule has 0 aliphatic rings. The molecule has 0 radical (unpaired) electrons. The number of thioether (sulfide) groups is 1. The number of aryl methyl sites for hydroxylation is 1. The summed E-state index contributed by atoms with van der Waals surface area (Å²) in [5.74, 6) is -1.10. The Hall–Kier alpha value is -4.04. The van der Waals surface area contributed by atoms with Crippen LogP contribution in [0.5, 0.6) is 0 Å². The fourth-order valence-corrected chi connectivity index (χ4v) is 4.92. The Morgan fingerprint density at radius 1 is 0.805 bits per heavy atom. The Morgan fingerprint density at radius 3 is 2.22 bits per heavy atom. The lowest BCUT2D eigenvalue weighted by Gasteiger charge is -2.14. The van der Waals surface area contributed by atoms with Crippen molar-refractivity contribution in [2.75, 3.05) is 10.6 Å². The normalized spacial score (nSPS) is 11.9. The average molecular weight is 605 g/mol. The summed E-state index contributed by atoms with van der Waals surface area (Å²) >= 11 is 13.5. The van der Waals surface area contributed by atoms with Crippen LogP contribution in [-0.2, 0) is 9.59 Å². The van der Waals surface area contributed by atoms with Crippen molar-refractivity contribution in [2.45, 2.75) is 24.0 Å². The first-order valence-corrected chi connectivity index (χ1v) is 14.3. The van der Waals surface area contributed by atoms with Crippen molar-refractivity contribution >= 4 is 70.1 Å². The van der Waals surface area contributed by atoms with Crippen molar-refractivity contribution in [2.24, 2.45) is 0 Å². The highest BCUT2D eigenvalue weighted by atomic mass is 35.5. The number of hydrogen-bond acceptors (Lipinski definition) is 4. The van der Waals surface area contributed by atoms with Crippen LogP contribution in [0.15, 0.2) is 108 Å². The molecule has 1 atom stereocenters. The van der Waals surface area contributed by atoms with E-state index in [1.54, 1.807) is 91.9 Å². The Balaban J connectivity index is 1.47. The van der Waals surface area contributed by atoms with E-state index in [2.05, 4.69) is 16.0 Å². The van der Waals surface area contributed by atoms with Crippen LogP contribution in [0.1, 0.15) is 28.4 Å². The standard InChI is InChI=1S/C32H27Cl2N3O3S/c1-20-11-16-26(19-28(20)34)35-30(38)21(2)41-27-10-6-9-25(18-27)36-32(40)29(17-22-12-14-24(33)15-13-22)37-31(39)23-7-4-3-5-8-23/h3-19,21H,1-2H3,(H,35,38)(H,36,40)(H,37,39)/b29-17-. The maximum absolute atomic E-state index is 13.3. The quantitative estimate of drug-likeness (QED) is 0.134. The van der Waals surface area contributed by atoms with Gasteiger partial charge < -0.3 is 16.0 Å². The molecular formula is C32H27Cl2N3O3S. The number of carbonyl (C=O) groups excluding carboxylic acids is 3. The second kappa shape index (κ2) is 14.0. The van der Waals surface area contributed by atoms with Crippen molar-refractivity contribution in [3.05, 3.63) is 129 Å². The molecule has 0 saturated carbocycles. The van der Waals surface area contributed by atoms with E-state index in [-0.39, 0.29) is 11.6 Å². The summed E-state index contributed by atoms with van der Waals surface area (Å²) in [5, 5.41) is 9.16. The van der Waals surface area contributed by atoms with E-state index in [0.29, 0.717) is 32.5 Å². The highest BCUT2D eigenvalue weighted by molar-refractivity contribution is 8.00. The molecule has 1 unspecified atom stereocenters. The zero-order chi connectivity index (χ0) is 29.4. The molecule has 0 heterocycles. The summed E-state index contributed by atoms with van der Waals surface area (Å²) in [6, 6.07) is 28.1. The first kappa shape index (κ1) is 29.9. The molecule has 3 amide bonds. The fraction of sp³-hybridized carbons (Fsp3) is 0.0938. The number of nitrogens with one attached hydrogen (secondary N) is 3. The number of hydrogen-bond donors (Lipinski definition) is 3. The first-order valence-electron chi connectivity index (χ1n) is 12.7. The summed E-state index contributed by atoms with van der Waals surface area (Å²) < 4.78 is 0. The van der Waals surface area contributed by atoms with Crippen LogP contribution in [0.3, 0.4) is 0 Å². The van der Waals surface area contributed by atoms with Crippen LogP contribution in [0.2, 0.25) is 10.0 Å². The van der Waals surface area contributed by atoms with Crippen LogP contribution in [0, 0.1) is 6.92 Å². The van der Waals surface area contributed by atoms with Crippen molar-refractivity contribution < 1.29 is 14.4 Å². The Bertz CT molecular complexity index is 1590. The van der Waals surface area contributed by atoms with E-state index in [1.165, 1.54) is 11.8 Å². The zero-order valence-electron chi connectivity index (χ0n) is 22.3. The molecule has 0 bridgehead atoms. The molecule has 0 saturated heterocycles. The molecule has 9 heteroatoms. The molecule has 0 spiro atoms. The van der Waals surface area contributed by atoms with E-state index in [0.717, 1.165) is 10.5 Å². The van der Waals surface area contributed by atoms with Gasteiger partial charge in [-0.1, -0.05) is 65.7 Å². The maximum Gasteiger partial charge on any atom is 0.272 e. The molecular weight excluding hydrogens is 577 g/mol. The van der Waals surface area contributed by atoms with Gasteiger partial charge in [-0.25, -0.2) is 0 Å². The Morgan fingerprint density at radius 2 is 1.51 bits per heavy atom. The van der Waals surface area contributed by atoms with Crippen LogP contribution >= 0.6 is 35.0 Å². The lowest BCUT2D eigenvalue weighted by Crippen LogP contribution is -2.30. The predicted molar refractivity (Wildman–Crippen MR) is 169 cm³/mol. The summed E-state index contributed by atoms with van der Waals surface area (Å²) in [6.45, 7) is 3.69. The van der Waals surface area contributed by atoms with E-state index in [1.807, 2.05) is 25.1 Å². The van der Waals surface area contributed by atoms with Gasteiger partial charge in [-0.3, -0.25) is 14.4 Å². The molecule has 41 heavy (non-hydrogen) atoms. The minimum Gasteiger partial charge on any atom is -0.325 e. The Labute approximate surface area is 253 Å². The average Bonchev–Trinajstić information content (AvgIpc) is 2.96. The number of carbonyl (C=O) groups is 3. The van der Waals surface area contributed by atoms with Crippen LogP contribution < -0.4 is 16.0 Å². The molecule has 4 aromatic rings. The minimum absolute atomic E-state index is 0.0590. The van der Waals surface area contributed by atoms with Gasteiger partial charge >= 0.3 is 0 Å². The van der Waals surface area contributed by atoms with Crippen molar-refractivity contribution in [1.29, 1.82) is 0 Å². The van der Waals surface area contributed by atoms with Gasteiger partial charge in [0.05, 0.1) is 5.25 Å². The van der Waals surface area contributed by atoms with Gasteiger partial charge in [-0.05, 0) is 85.6 Å². The number of rotatable bonds is 9. The van der Waals surface area contributed by atoms with Crippen molar-refractivity contribution in [3.63, 3.8) is 0 Å². The third-order valence-corrected chi connectivity index (χ3v) is 7.68. The fourth-order valence-electron chi connectivity index (χ4n) is 3.69. The van der Waals surface area contributed by atoms with Crippen molar-refractivity contribution in [1.82, 2.24) is 5.32 Å². The van der Waals surface area contributed by atoms with Gasteiger partial charge in [0.2, 0.25) is 5.91 Å². The predicted octanol–water partition coefficient (Wildman–Crippen LogP) is 7.83. The summed E-state index contributed by atoms with van der Waals surface area (Å²) in [6.07, 6.45) is 1.58. The lowest BCUT2D eigenvalue weighted by atomic mass is 10.1. The van der Waals surface area contributed by atoms with Crippen LogP contribution in [0.25, 0.3) is 6.08 Å². The molecule has 208 valence electrons. The van der Waals surface area contributed by atoms with Gasteiger partial charge in [0.15, 0.2) is 0 Å². The van der Waals surface area contributed by atoms with E-state index in [4.69, 9.17) is 23.2 Å². The first-order chi connectivity index (χ1) is 19.7. The topological polar surface area (TPSA) is 87.3 Å². The lowest BCUT2D eigenvalue weighted by molar-refractivity contribution is -0.115. The van der Waals surface area contributed by atoms with Gasteiger partial charge in [-0.2, -0.15) is 0 Å². The number of halogens is 2. The van der Waals surface area contributed by atoms with E-state index in [9.17, 15) is 14.4 Å². The molecule has 3 N–H and O–H groups in total. The molecule has 4 aromatic carbocycles. The van der Waals surface area contributed by atoms with Crippen LogP contribution in [0.4, 0.5) is 11.4 Å². The van der Waals surface area contributed by atoms with Gasteiger partial charge in [0.25, 0.3) is 11.8 Å². The summed E-state index contributed by atoms with van der Waals surface area (Å²) in [5.41, 5.74) is 3.22. The molecule has 0 aromatic heterocycles. The highest BCUT2D eigenvalue weighted by Crippen LogP contribution is 2.28. The maximum atomic E-state index is 13.3. The summed E-state index contributed by atoms with van der Waals surface area (Å²) in [4.78, 5) is 39.8. The third kappa shape index (κ3) is 8.72. The number of benzene rings is 4.